The largest absolute Gasteiger partial charge is 0.490 e. The van der Waals surface area contributed by atoms with Gasteiger partial charge in [0.15, 0.2) is 0 Å². The molecule has 0 aliphatic heterocycles. The molecular weight excluding hydrogens is 454 g/mol. The van der Waals surface area contributed by atoms with Crippen LogP contribution in [-0.4, -0.2) is 32.9 Å². The van der Waals surface area contributed by atoms with Crippen LogP contribution in [0.1, 0.15) is 124 Å². The molecule has 0 radical (unpaired) electrons. The highest BCUT2D eigenvalue weighted by atomic mass is 16.7. The zero-order valence-electron chi connectivity index (χ0n) is 21.6. The van der Waals surface area contributed by atoms with Crippen molar-refractivity contribution in [1.82, 2.24) is 4.73 Å². The fourth-order valence-corrected chi connectivity index (χ4v) is 3.67. The topological polar surface area (TPSA) is 124 Å². The summed E-state index contributed by atoms with van der Waals surface area (Å²) in [6, 6.07) is 0. The van der Waals surface area contributed by atoms with E-state index in [0.29, 0.717) is 17.6 Å². The lowest BCUT2D eigenvalue weighted by molar-refractivity contribution is -0.142. The molecule has 9 nitrogen and oxygen atoms in total. The van der Waals surface area contributed by atoms with E-state index in [9.17, 15) is 24.6 Å². The van der Waals surface area contributed by atoms with Gasteiger partial charge in [-0.1, -0.05) is 95.6 Å². The smallest absolute Gasteiger partial charge is 0.330 e. The Morgan fingerprint density at radius 2 is 0.971 bits per heavy atom. The third kappa shape index (κ3) is 12.0. The second-order valence-corrected chi connectivity index (χ2v) is 8.87. The summed E-state index contributed by atoms with van der Waals surface area (Å²) < 4.78 is 10.8. The molecule has 0 saturated carbocycles. The average molecular weight is 498 g/mol. The van der Waals surface area contributed by atoms with Crippen LogP contribution in [0, 0.1) is 0 Å². The molecule has 1 aromatic rings. The van der Waals surface area contributed by atoms with Crippen molar-refractivity contribution in [3.05, 3.63) is 0 Å². The van der Waals surface area contributed by atoms with Crippen LogP contribution in [0.5, 0.6) is 23.3 Å². The Bertz CT molecular complexity index is 731. The Hall–Kier alpha value is -2.71. The highest BCUT2D eigenvalue weighted by Gasteiger charge is 2.31. The van der Waals surface area contributed by atoms with Crippen molar-refractivity contribution in [1.29, 1.82) is 0 Å². The van der Waals surface area contributed by atoms with E-state index < -0.39 is 41.2 Å². The van der Waals surface area contributed by atoms with Crippen LogP contribution in [0.25, 0.3) is 0 Å². The lowest BCUT2D eigenvalue weighted by Gasteiger charge is -2.07. The number of nitrogens with zero attached hydrogens (tertiary/aromatic N) is 1. The number of hydrogen-bond acceptors (Lipinski definition) is 8. The van der Waals surface area contributed by atoms with Crippen molar-refractivity contribution in [3.8, 4) is 23.3 Å². The molecule has 0 aliphatic rings. The van der Waals surface area contributed by atoms with Gasteiger partial charge in [0.1, 0.15) is 0 Å². The lowest BCUT2D eigenvalue weighted by Crippen LogP contribution is -2.15. The summed E-state index contributed by atoms with van der Waals surface area (Å²) in [6.45, 7) is 5.37. The SMILES string of the molecule is CCCCCCCCCC(=O)Oc1c(OC(=O)CCCCCCCCC)c(O)n(OC(C)=O)c1O. The summed E-state index contributed by atoms with van der Waals surface area (Å²) in [5.41, 5.74) is 0. The summed E-state index contributed by atoms with van der Waals surface area (Å²) in [6.07, 6.45) is 14.5. The zero-order valence-corrected chi connectivity index (χ0v) is 21.6. The zero-order chi connectivity index (χ0) is 26.1. The molecule has 1 heterocycles. The molecule has 35 heavy (non-hydrogen) atoms. The molecule has 9 heteroatoms. The number of unbranched alkanes of at least 4 members (excludes halogenated alkanes) is 12. The van der Waals surface area contributed by atoms with Crippen LogP contribution in [0.3, 0.4) is 0 Å². The first kappa shape index (κ1) is 30.3. The van der Waals surface area contributed by atoms with E-state index in [1.807, 2.05) is 0 Å². The molecule has 0 aliphatic carbocycles. The molecule has 0 spiro atoms. The maximum atomic E-state index is 12.3. The van der Waals surface area contributed by atoms with Gasteiger partial charge in [0.05, 0.1) is 0 Å². The standard InChI is InChI=1S/C26H43NO8/c1-4-6-8-10-12-14-16-18-21(29)33-23-24(26(32)27(25(23)31)35-20(3)28)34-22(30)19-17-15-13-11-9-7-5-2/h31-32H,4-19H2,1-3H3. The first-order valence-corrected chi connectivity index (χ1v) is 13.1. The normalized spacial score (nSPS) is 10.8. The molecule has 0 fully saturated rings. The van der Waals surface area contributed by atoms with E-state index in [-0.39, 0.29) is 12.8 Å². The van der Waals surface area contributed by atoms with Crippen molar-refractivity contribution in [2.75, 3.05) is 0 Å². The van der Waals surface area contributed by atoms with Gasteiger partial charge in [-0.15, -0.1) is 0 Å². The predicted molar refractivity (Wildman–Crippen MR) is 132 cm³/mol. The summed E-state index contributed by atoms with van der Waals surface area (Å²) in [5, 5.41) is 20.7. The van der Waals surface area contributed by atoms with Crippen molar-refractivity contribution in [3.63, 3.8) is 0 Å². The molecule has 1 rings (SSSR count). The Kier molecular flexibility index (Phi) is 15.3. The Labute approximate surface area is 208 Å². The fourth-order valence-electron chi connectivity index (χ4n) is 3.67. The molecule has 200 valence electrons. The molecule has 2 N–H and O–H groups in total. The van der Waals surface area contributed by atoms with Crippen molar-refractivity contribution >= 4 is 17.9 Å². The van der Waals surface area contributed by atoms with Crippen LogP contribution in [0.2, 0.25) is 0 Å². The van der Waals surface area contributed by atoms with Gasteiger partial charge in [0.2, 0.25) is 11.5 Å². The highest BCUT2D eigenvalue weighted by Crippen LogP contribution is 2.47. The molecule has 0 bridgehead atoms. The van der Waals surface area contributed by atoms with E-state index in [1.165, 1.54) is 38.5 Å². The number of carbonyl (C=O) groups excluding carboxylic acids is 3. The molecule has 0 aromatic carbocycles. The van der Waals surface area contributed by atoms with E-state index in [4.69, 9.17) is 14.3 Å². The maximum Gasteiger partial charge on any atom is 0.330 e. The predicted octanol–water partition coefficient (Wildman–Crippen LogP) is 5.97. The molecule has 0 amide bonds. The molecule has 1 aromatic heterocycles. The van der Waals surface area contributed by atoms with E-state index >= 15 is 0 Å². The van der Waals surface area contributed by atoms with E-state index in [1.54, 1.807) is 0 Å². The van der Waals surface area contributed by atoms with Gasteiger partial charge in [-0.25, -0.2) is 4.79 Å². The molecule has 0 unspecified atom stereocenters. The number of aromatic hydroxyl groups is 2. The maximum absolute atomic E-state index is 12.3. The van der Waals surface area contributed by atoms with Gasteiger partial charge in [0, 0.05) is 19.8 Å². The fraction of sp³-hybridized carbons (Fsp3) is 0.731. The molecular formula is C26H43NO8. The van der Waals surface area contributed by atoms with Crippen LogP contribution >= 0.6 is 0 Å². The highest BCUT2D eigenvalue weighted by molar-refractivity contribution is 5.79. The first-order valence-electron chi connectivity index (χ1n) is 13.1. The summed E-state index contributed by atoms with van der Waals surface area (Å²) in [4.78, 5) is 40.7. The second kappa shape index (κ2) is 17.7. The third-order valence-electron chi connectivity index (χ3n) is 5.62. The molecule has 0 atom stereocenters. The van der Waals surface area contributed by atoms with Crippen molar-refractivity contribution in [2.45, 2.75) is 124 Å². The molecule has 0 saturated heterocycles. The van der Waals surface area contributed by atoms with E-state index in [2.05, 4.69) is 13.8 Å². The Balaban J connectivity index is 2.70. The van der Waals surface area contributed by atoms with Gasteiger partial charge in [-0.05, 0) is 12.8 Å². The monoisotopic (exact) mass is 497 g/mol. The quantitative estimate of drug-likeness (QED) is 0.177. The van der Waals surface area contributed by atoms with Crippen LogP contribution in [0.15, 0.2) is 0 Å². The number of ether oxygens (including phenoxy) is 2. The Morgan fingerprint density at radius 1 is 0.629 bits per heavy atom. The number of hydrogen-bond donors (Lipinski definition) is 2. The van der Waals surface area contributed by atoms with E-state index in [0.717, 1.165) is 45.4 Å². The van der Waals surface area contributed by atoms with Crippen LogP contribution in [-0.2, 0) is 14.4 Å². The van der Waals surface area contributed by atoms with Crippen molar-refractivity contribution < 1.29 is 38.9 Å². The van der Waals surface area contributed by atoms with Gasteiger partial charge in [-0.3, -0.25) is 9.59 Å². The average Bonchev–Trinajstić information content (AvgIpc) is 3.01. The minimum atomic E-state index is -0.843. The summed E-state index contributed by atoms with van der Waals surface area (Å²) >= 11 is 0. The number of aromatic nitrogens is 1. The van der Waals surface area contributed by atoms with Crippen LogP contribution in [0.4, 0.5) is 0 Å². The number of carbonyl (C=O) groups is 3. The van der Waals surface area contributed by atoms with Gasteiger partial charge < -0.3 is 24.5 Å². The van der Waals surface area contributed by atoms with Gasteiger partial charge >= 0.3 is 17.9 Å². The Morgan fingerprint density at radius 3 is 1.31 bits per heavy atom. The third-order valence-corrected chi connectivity index (χ3v) is 5.62. The first-order chi connectivity index (χ1) is 16.8. The van der Waals surface area contributed by atoms with Crippen molar-refractivity contribution in [2.24, 2.45) is 0 Å². The number of esters is 2. The minimum absolute atomic E-state index is 0.0954. The minimum Gasteiger partial charge on any atom is -0.490 e. The van der Waals surface area contributed by atoms with Gasteiger partial charge in [0.25, 0.3) is 11.8 Å². The lowest BCUT2D eigenvalue weighted by atomic mass is 10.1. The summed E-state index contributed by atoms with van der Waals surface area (Å²) in [5.74, 6) is -4.94. The van der Waals surface area contributed by atoms with Crippen LogP contribution < -0.4 is 14.3 Å². The second-order valence-electron chi connectivity index (χ2n) is 8.87. The van der Waals surface area contributed by atoms with Gasteiger partial charge in [-0.2, -0.15) is 0 Å². The summed E-state index contributed by atoms with van der Waals surface area (Å²) in [7, 11) is 0. The number of rotatable bonds is 19.